The molecular weight excluding hydrogens is 401 g/mol. The van der Waals surface area contributed by atoms with Crippen LogP contribution in [-0.4, -0.2) is 20.3 Å². The Bertz CT molecular complexity index is 1150. The molecule has 158 valence electrons. The molecule has 1 heterocycles. The van der Waals surface area contributed by atoms with Crippen LogP contribution in [0.3, 0.4) is 0 Å². The highest BCUT2D eigenvalue weighted by Crippen LogP contribution is 2.39. The molecule has 0 radical (unpaired) electrons. The predicted octanol–water partition coefficient (Wildman–Crippen LogP) is 4.62. The second kappa shape index (κ2) is 8.68. The summed E-state index contributed by atoms with van der Waals surface area (Å²) < 4.78 is 16.7. The average molecular weight is 428 g/mol. The fourth-order valence-electron chi connectivity index (χ4n) is 4.11. The second-order valence-electron chi connectivity index (χ2n) is 7.97. The molecule has 1 fully saturated rings. The van der Waals surface area contributed by atoms with Gasteiger partial charge in [0.1, 0.15) is 5.82 Å². The van der Waals surface area contributed by atoms with Gasteiger partial charge in [0.15, 0.2) is 0 Å². The van der Waals surface area contributed by atoms with Crippen molar-refractivity contribution in [1.82, 2.24) is 9.13 Å². The summed E-state index contributed by atoms with van der Waals surface area (Å²) in [4.78, 5) is 26.1. The van der Waals surface area contributed by atoms with E-state index in [2.05, 4.69) is 5.32 Å². The number of fused-ring (bicyclic) bond motifs is 1. The van der Waals surface area contributed by atoms with Gasteiger partial charge in [-0.2, -0.15) is 0 Å². The number of carbonyl (C=O) groups is 1. The number of nitrogens with zero attached hydrogens (tertiary/aromatic N) is 2. The lowest BCUT2D eigenvalue weighted by Crippen LogP contribution is -2.19. The van der Waals surface area contributed by atoms with Gasteiger partial charge in [0.25, 0.3) is 0 Å². The van der Waals surface area contributed by atoms with E-state index in [1.165, 1.54) is 31.4 Å². The number of aromatic nitrogens is 2. The summed E-state index contributed by atoms with van der Waals surface area (Å²) in [7, 11) is 3.50. The van der Waals surface area contributed by atoms with E-state index in [1.807, 2.05) is 12.1 Å². The summed E-state index contributed by atoms with van der Waals surface area (Å²) in [6.45, 7) is 0. The highest BCUT2D eigenvalue weighted by atomic mass is 32.2. The first-order chi connectivity index (χ1) is 14.4. The predicted molar refractivity (Wildman–Crippen MR) is 120 cm³/mol. The second-order valence-corrected chi connectivity index (χ2v) is 9.31. The molecule has 30 heavy (non-hydrogen) atoms. The summed E-state index contributed by atoms with van der Waals surface area (Å²) in [6, 6.07) is 9.98. The lowest BCUT2D eigenvalue weighted by Gasteiger charge is -2.22. The summed E-state index contributed by atoms with van der Waals surface area (Å²) in [5.74, 6) is -0.555. The van der Waals surface area contributed by atoms with Crippen LogP contribution in [0.1, 0.15) is 37.7 Å². The number of imidazole rings is 1. The number of amides is 1. The number of halogens is 1. The summed E-state index contributed by atoms with van der Waals surface area (Å²) in [6.07, 6.45) is 6.15. The Hall–Kier alpha value is -2.54. The number of rotatable bonds is 5. The zero-order valence-electron chi connectivity index (χ0n) is 17.3. The number of hydrogen-bond acceptors (Lipinski definition) is 3. The highest BCUT2D eigenvalue weighted by Gasteiger charge is 2.20. The highest BCUT2D eigenvalue weighted by molar-refractivity contribution is 8.00. The minimum Gasteiger partial charge on any atom is -0.325 e. The summed E-state index contributed by atoms with van der Waals surface area (Å²) in [5.41, 5.74) is 2.87. The van der Waals surface area contributed by atoms with Gasteiger partial charge in [-0.25, -0.2) is 9.18 Å². The van der Waals surface area contributed by atoms with E-state index in [1.54, 1.807) is 47.1 Å². The molecule has 1 aliphatic rings. The zero-order valence-corrected chi connectivity index (χ0v) is 18.1. The van der Waals surface area contributed by atoms with Gasteiger partial charge >= 0.3 is 5.69 Å². The lowest BCUT2D eigenvalue weighted by molar-refractivity contribution is -0.115. The molecule has 0 aliphatic heterocycles. The van der Waals surface area contributed by atoms with E-state index in [0.29, 0.717) is 16.5 Å². The van der Waals surface area contributed by atoms with E-state index in [9.17, 15) is 14.0 Å². The number of nitrogens with one attached hydrogen (secondary N) is 1. The van der Waals surface area contributed by atoms with E-state index in [4.69, 9.17) is 0 Å². The van der Waals surface area contributed by atoms with Crippen molar-refractivity contribution in [3.8, 4) is 0 Å². The average Bonchev–Trinajstić information content (AvgIpc) is 2.93. The Morgan fingerprint density at radius 3 is 2.50 bits per heavy atom. The third-order valence-corrected chi connectivity index (χ3v) is 7.14. The normalized spacial score (nSPS) is 14.9. The molecule has 0 bridgehead atoms. The molecule has 1 aliphatic carbocycles. The Morgan fingerprint density at radius 2 is 1.80 bits per heavy atom. The van der Waals surface area contributed by atoms with Crippen LogP contribution in [0.15, 0.2) is 46.1 Å². The summed E-state index contributed by atoms with van der Waals surface area (Å²) in [5, 5.41) is 3.52. The maximum absolute atomic E-state index is 13.5. The molecule has 3 aromatic rings. The van der Waals surface area contributed by atoms with Gasteiger partial charge in [0, 0.05) is 24.2 Å². The van der Waals surface area contributed by atoms with Crippen LogP contribution >= 0.6 is 11.8 Å². The third-order valence-electron chi connectivity index (χ3n) is 5.75. The van der Waals surface area contributed by atoms with Crippen molar-refractivity contribution in [1.29, 1.82) is 0 Å². The van der Waals surface area contributed by atoms with Gasteiger partial charge in [-0.05, 0) is 42.7 Å². The summed E-state index contributed by atoms with van der Waals surface area (Å²) >= 11 is 1.78. The molecule has 1 saturated carbocycles. The van der Waals surface area contributed by atoms with Crippen molar-refractivity contribution in [3.63, 3.8) is 0 Å². The molecule has 5 nitrogen and oxygen atoms in total. The quantitative estimate of drug-likeness (QED) is 0.646. The first kappa shape index (κ1) is 20.7. The van der Waals surface area contributed by atoms with Crippen molar-refractivity contribution < 1.29 is 9.18 Å². The molecule has 4 rings (SSSR count). The van der Waals surface area contributed by atoms with Crippen LogP contribution in [0.25, 0.3) is 11.0 Å². The van der Waals surface area contributed by atoms with Gasteiger partial charge in [-0.15, -0.1) is 11.8 Å². The molecule has 1 N–H and O–H groups in total. The molecular formula is C23H26FN3O2S. The number of anilines is 1. The van der Waals surface area contributed by atoms with Crippen molar-refractivity contribution in [2.45, 2.75) is 48.7 Å². The van der Waals surface area contributed by atoms with E-state index in [-0.39, 0.29) is 23.8 Å². The Labute approximate surface area is 179 Å². The molecule has 0 unspecified atom stereocenters. The fourth-order valence-corrected chi connectivity index (χ4v) is 5.46. The van der Waals surface area contributed by atoms with Gasteiger partial charge in [0.2, 0.25) is 5.91 Å². The standard InChI is InChI=1S/C23H26FN3O2S/c1-26-19-13-18(25-22(28)12-15-7-6-8-16(24)11-15)21(14-20(19)27(2)23(26)29)30-17-9-4-3-5-10-17/h6-8,11,13-14,17H,3-5,9-10,12H2,1-2H3,(H,25,28). The van der Waals surface area contributed by atoms with Crippen LogP contribution in [0.4, 0.5) is 10.1 Å². The van der Waals surface area contributed by atoms with Crippen LogP contribution in [0.5, 0.6) is 0 Å². The molecule has 0 saturated heterocycles. The van der Waals surface area contributed by atoms with Crippen LogP contribution in [-0.2, 0) is 25.3 Å². The van der Waals surface area contributed by atoms with Crippen molar-refractivity contribution in [2.75, 3.05) is 5.32 Å². The van der Waals surface area contributed by atoms with Gasteiger partial charge in [-0.3, -0.25) is 13.9 Å². The molecule has 0 atom stereocenters. The molecule has 7 heteroatoms. The first-order valence-electron chi connectivity index (χ1n) is 10.3. The van der Waals surface area contributed by atoms with Crippen molar-refractivity contribution in [3.05, 3.63) is 58.3 Å². The van der Waals surface area contributed by atoms with E-state index >= 15 is 0 Å². The number of thioether (sulfide) groups is 1. The minimum atomic E-state index is -0.352. The van der Waals surface area contributed by atoms with Crippen LogP contribution in [0, 0.1) is 5.82 Å². The molecule has 1 amide bonds. The van der Waals surface area contributed by atoms with Gasteiger partial charge in [0.05, 0.1) is 23.1 Å². The Balaban J connectivity index is 1.66. The van der Waals surface area contributed by atoms with Crippen molar-refractivity contribution >= 4 is 34.4 Å². The Morgan fingerprint density at radius 1 is 1.10 bits per heavy atom. The maximum Gasteiger partial charge on any atom is 0.328 e. The zero-order chi connectivity index (χ0) is 21.3. The number of benzene rings is 2. The number of hydrogen-bond donors (Lipinski definition) is 1. The fraction of sp³-hybridized carbons (Fsp3) is 0.391. The molecule has 0 spiro atoms. The van der Waals surface area contributed by atoms with Crippen molar-refractivity contribution in [2.24, 2.45) is 14.1 Å². The number of carbonyl (C=O) groups excluding carboxylic acids is 1. The van der Waals surface area contributed by atoms with E-state index < -0.39 is 0 Å². The monoisotopic (exact) mass is 427 g/mol. The van der Waals surface area contributed by atoms with Crippen LogP contribution in [0.2, 0.25) is 0 Å². The van der Waals surface area contributed by atoms with Crippen LogP contribution < -0.4 is 11.0 Å². The SMILES string of the molecule is Cn1c(=O)n(C)c2cc(SC3CCCCC3)c(NC(=O)Cc3cccc(F)c3)cc21. The Kier molecular flexibility index (Phi) is 5.99. The first-order valence-corrected chi connectivity index (χ1v) is 11.2. The van der Waals surface area contributed by atoms with E-state index in [0.717, 1.165) is 28.8 Å². The van der Waals surface area contributed by atoms with Gasteiger partial charge in [-0.1, -0.05) is 31.4 Å². The topological polar surface area (TPSA) is 56.0 Å². The maximum atomic E-state index is 13.5. The lowest BCUT2D eigenvalue weighted by atomic mass is 10.0. The molecule has 1 aromatic heterocycles. The number of aryl methyl sites for hydroxylation is 2. The minimum absolute atomic E-state index is 0.0943. The molecule has 2 aromatic carbocycles. The largest absolute Gasteiger partial charge is 0.328 e. The third kappa shape index (κ3) is 4.31. The smallest absolute Gasteiger partial charge is 0.325 e. The van der Waals surface area contributed by atoms with Gasteiger partial charge < -0.3 is 5.32 Å².